The van der Waals surface area contributed by atoms with Crippen LogP contribution in [0.3, 0.4) is 0 Å². The Morgan fingerprint density at radius 3 is 2.92 bits per heavy atom. The Morgan fingerprint density at radius 1 is 1.33 bits per heavy atom. The molecule has 1 saturated heterocycles. The normalized spacial score (nSPS) is 17.0. The topological polar surface area (TPSA) is 51.1 Å². The average Bonchev–Trinajstić information content (AvgIpc) is 3.18. The van der Waals surface area contributed by atoms with E-state index in [-0.39, 0.29) is 6.10 Å². The quantitative estimate of drug-likeness (QED) is 0.769. The maximum Gasteiger partial charge on any atom is 0.173 e. The number of hydrogen-bond acceptors (Lipinski definition) is 3. The molecule has 128 valence electrons. The number of benzene rings is 1. The molecule has 1 aromatic heterocycles. The summed E-state index contributed by atoms with van der Waals surface area (Å²) >= 11 is 17.7. The van der Waals surface area contributed by atoms with Crippen LogP contribution in [0.25, 0.3) is 0 Å². The van der Waals surface area contributed by atoms with Gasteiger partial charge in [0, 0.05) is 24.4 Å². The minimum absolute atomic E-state index is 0.220. The number of aromatic nitrogens is 2. The number of rotatable bonds is 5. The second-order valence-corrected chi connectivity index (χ2v) is 6.81. The summed E-state index contributed by atoms with van der Waals surface area (Å²) in [5.74, 6) is 0.522. The Morgan fingerprint density at radius 2 is 2.17 bits per heavy atom. The van der Waals surface area contributed by atoms with Gasteiger partial charge < -0.3 is 15.4 Å². The van der Waals surface area contributed by atoms with Crippen molar-refractivity contribution in [2.24, 2.45) is 0 Å². The van der Waals surface area contributed by atoms with Gasteiger partial charge in [-0.3, -0.25) is 4.68 Å². The number of ether oxygens (including phenoxy) is 1. The minimum atomic E-state index is 0.220. The van der Waals surface area contributed by atoms with Crippen molar-refractivity contribution in [3.05, 3.63) is 46.1 Å². The van der Waals surface area contributed by atoms with E-state index < -0.39 is 0 Å². The zero-order chi connectivity index (χ0) is 16.9. The van der Waals surface area contributed by atoms with Crippen LogP contribution >= 0.6 is 35.4 Å². The van der Waals surface area contributed by atoms with Crippen LogP contribution in [0.1, 0.15) is 18.4 Å². The highest BCUT2D eigenvalue weighted by atomic mass is 35.5. The zero-order valence-corrected chi connectivity index (χ0v) is 15.3. The summed E-state index contributed by atoms with van der Waals surface area (Å²) in [6, 6.07) is 7.65. The summed E-state index contributed by atoms with van der Waals surface area (Å²) in [7, 11) is 0. The fourth-order valence-corrected chi connectivity index (χ4v) is 3.10. The van der Waals surface area contributed by atoms with E-state index >= 15 is 0 Å². The summed E-state index contributed by atoms with van der Waals surface area (Å²) < 4.78 is 7.28. The van der Waals surface area contributed by atoms with Crippen molar-refractivity contribution in [3.8, 4) is 0 Å². The molecule has 1 unspecified atom stereocenters. The first-order valence-electron chi connectivity index (χ1n) is 7.74. The molecular weight excluding hydrogens is 367 g/mol. The minimum Gasteiger partial charge on any atom is -0.376 e. The molecule has 0 amide bonds. The fourth-order valence-electron chi connectivity index (χ4n) is 2.53. The summed E-state index contributed by atoms with van der Waals surface area (Å²) in [5.41, 5.74) is 0.976. The highest BCUT2D eigenvalue weighted by molar-refractivity contribution is 7.80. The van der Waals surface area contributed by atoms with Crippen LogP contribution in [-0.2, 0) is 11.3 Å². The van der Waals surface area contributed by atoms with Gasteiger partial charge in [0.25, 0.3) is 0 Å². The van der Waals surface area contributed by atoms with Crippen molar-refractivity contribution in [3.63, 3.8) is 0 Å². The molecule has 2 heterocycles. The summed E-state index contributed by atoms with van der Waals surface area (Å²) in [4.78, 5) is 0. The molecule has 1 atom stereocenters. The highest BCUT2D eigenvalue weighted by Crippen LogP contribution is 2.22. The Balaban J connectivity index is 1.57. The molecule has 2 N–H and O–H groups in total. The molecular formula is C16H18Cl2N4OS. The standard InChI is InChI=1S/C16H18Cl2N4OS/c17-13-6-2-1-4-11(13)9-22-10-14(18)15(21-22)20-16(24)19-8-12-5-3-7-23-12/h1-2,4,6,10,12H,3,5,7-9H2,(H2,19,20,21,24). The lowest BCUT2D eigenvalue weighted by Crippen LogP contribution is -2.35. The Hall–Kier alpha value is -1.34. The van der Waals surface area contributed by atoms with Crippen LogP contribution in [0.4, 0.5) is 5.82 Å². The van der Waals surface area contributed by atoms with E-state index in [1.165, 1.54) is 0 Å². The third-order valence-electron chi connectivity index (χ3n) is 3.75. The average molecular weight is 385 g/mol. The van der Waals surface area contributed by atoms with E-state index in [0.717, 1.165) is 25.0 Å². The fraction of sp³-hybridized carbons (Fsp3) is 0.375. The highest BCUT2D eigenvalue weighted by Gasteiger charge is 2.16. The first kappa shape index (κ1) is 17.5. The van der Waals surface area contributed by atoms with Gasteiger partial charge in [0.15, 0.2) is 10.9 Å². The Labute approximate surface area is 156 Å². The van der Waals surface area contributed by atoms with Crippen LogP contribution in [-0.4, -0.2) is 34.1 Å². The molecule has 2 aromatic rings. The number of nitrogens with zero attached hydrogens (tertiary/aromatic N) is 2. The second kappa shape index (κ2) is 8.16. The lowest BCUT2D eigenvalue weighted by Gasteiger charge is -2.13. The van der Waals surface area contributed by atoms with Crippen molar-refractivity contribution in [2.75, 3.05) is 18.5 Å². The van der Waals surface area contributed by atoms with E-state index in [1.807, 2.05) is 24.3 Å². The van der Waals surface area contributed by atoms with Crippen molar-refractivity contribution in [1.29, 1.82) is 0 Å². The molecule has 0 radical (unpaired) electrons. The maximum absolute atomic E-state index is 6.23. The number of nitrogens with one attached hydrogen (secondary N) is 2. The van der Waals surface area contributed by atoms with Gasteiger partial charge in [-0.1, -0.05) is 41.4 Å². The molecule has 1 aromatic carbocycles. The number of anilines is 1. The summed E-state index contributed by atoms with van der Waals surface area (Å²) in [6.07, 6.45) is 4.13. The molecule has 0 saturated carbocycles. The van der Waals surface area contributed by atoms with Gasteiger partial charge in [-0.15, -0.1) is 0 Å². The van der Waals surface area contributed by atoms with E-state index in [0.29, 0.717) is 34.1 Å². The van der Waals surface area contributed by atoms with Gasteiger partial charge in [0.1, 0.15) is 5.02 Å². The van der Waals surface area contributed by atoms with Crippen molar-refractivity contribution >= 4 is 46.4 Å². The first-order valence-corrected chi connectivity index (χ1v) is 8.91. The van der Waals surface area contributed by atoms with Crippen molar-refractivity contribution in [2.45, 2.75) is 25.5 Å². The molecule has 8 heteroatoms. The predicted octanol–water partition coefficient (Wildman–Crippen LogP) is 3.70. The van der Waals surface area contributed by atoms with Crippen LogP contribution < -0.4 is 10.6 Å². The Kier molecular flexibility index (Phi) is 5.94. The molecule has 1 aliphatic rings. The molecule has 1 fully saturated rings. The Bertz CT molecular complexity index is 716. The van der Waals surface area contributed by atoms with Crippen LogP contribution in [0.15, 0.2) is 30.5 Å². The first-order chi connectivity index (χ1) is 11.6. The molecule has 5 nitrogen and oxygen atoms in total. The number of thiocarbonyl (C=S) groups is 1. The van der Waals surface area contributed by atoms with Gasteiger partial charge >= 0.3 is 0 Å². The van der Waals surface area contributed by atoms with Crippen molar-refractivity contribution in [1.82, 2.24) is 15.1 Å². The van der Waals surface area contributed by atoms with Gasteiger partial charge in [0.05, 0.1) is 12.6 Å². The largest absolute Gasteiger partial charge is 0.376 e. The number of halogens is 2. The molecule has 0 aliphatic carbocycles. The molecule has 0 bridgehead atoms. The lowest BCUT2D eigenvalue weighted by molar-refractivity contribution is 0.114. The van der Waals surface area contributed by atoms with Crippen LogP contribution in [0.2, 0.25) is 10.0 Å². The molecule has 1 aliphatic heterocycles. The molecule has 24 heavy (non-hydrogen) atoms. The zero-order valence-electron chi connectivity index (χ0n) is 13.0. The monoisotopic (exact) mass is 384 g/mol. The second-order valence-electron chi connectivity index (χ2n) is 5.58. The number of hydrogen-bond donors (Lipinski definition) is 2. The van der Waals surface area contributed by atoms with E-state index in [1.54, 1.807) is 10.9 Å². The smallest absolute Gasteiger partial charge is 0.173 e. The van der Waals surface area contributed by atoms with Gasteiger partial charge in [-0.25, -0.2) is 0 Å². The summed E-state index contributed by atoms with van der Waals surface area (Å²) in [6.45, 7) is 2.05. The third kappa shape index (κ3) is 4.60. The predicted molar refractivity (Wildman–Crippen MR) is 101 cm³/mol. The van der Waals surface area contributed by atoms with Crippen LogP contribution in [0, 0.1) is 0 Å². The van der Waals surface area contributed by atoms with Gasteiger partial charge in [0.2, 0.25) is 0 Å². The lowest BCUT2D eigenvalue weighted by atomic mass is 10.2. The van der Waals surface area contributed by atoms with Gasteiger partial charge in [-0.2, -0.15) is 5.10 Å². The molecule has 3 rings (SSSR count). The maximum atomic E-state index is 6.23. The van der Waals surface area contributed by atoms with Crippen molar-refractivity contribution < 1.29 is 4.74 Å². The third-order valence-corrected chi connectivity index (χ3v) is 4.65. The van der Waals surface area contributed by atoms with Crippen LogP contribution in [0.5, 0.6) is 0 Å². The van der Waals surface area contributed by atoms with E-state index in [9.17, 15) is 0 Å². The summed E-state index contributed by atoms with van der Waals surface area (Å²) in [5, 5.41) is 12.3. The molecule has 0 spiro atoms. The van der Waals surface area contributed by atoms with Gasteiger partial charge in [-0.05, 0) is 36.7 Å². The SMILES string of the molecule is S=C(NCC1CCCO1)Nc1nn(Cc2ccccc2Cl)cc1Cl. The van der Waals surface area contributed by atoms with E-state index in [4.69, 9.17) is 40.2 Å². The van der Waals surface area contributed by atoms with E-state index in [2.05, 4.69) is 15.7 Å².